The fourth-order valence-electron chi connectivity index (χ4n) is 3.54. The maximum absolute atomic E-state index is 12.7. The van der Waals surface area contributed by atoms with Gasteiger partial charge < -0.3 is 14.8 Å². The van der Waals surface area contributed by atoms with Crippen molar-refractivity contribution in [3.05, 3.63) is 53.1 Å². The molecule has 28 heavy (non-hydrogen) atoms. The summed E-state index contributed by atoms with van der Waals surface area (Å²) in [6.45, 7) is 6.69. The lowest BCUT2D eigenvalue weighted by atomic mass is 10.1. The molecule has 0 aromatic heterocycles. The Kier molecular flexibility index (Phi) is 5.71. The van der Waals surface area contributed by atoms with Crippen LogP contribution < -0.4 is 14.8 Å². The second kappa shape index (κ2) is 8.39. The van der Waals surface area contributed by atoms with E-state index in [0.29, 0.717) is 11.5 Å². The highest BCUT2D eigenvalue weighted by molar-refractivity contribution is 6.30. The van der Waals surface area contributed by atoms with Gasteiger partial charge in [0.2, 0.25) is 12.7 Å². The lowest BCUT2D eigenvalue weighted by Gasteiger charge is -2.37. The second-order valence-electron chi connectivity index (χ2n) is 7.17. The number of carbonyl (C=O) groups excluding carboxylic acids is 1. The first-order chi connectivity index (χ1) is 13.6. The minimum atomic E-state index is -0.192. The fraction of sp³-hybridized carbons (Fsp3) is 0.381. The summed E-state index contributed by atoms with van der Waals surface area (Å²) in [5, 5.41) is 3.74. The first-order valence-corrected chi connectivity index (χ1v) is 9.87. The van der Waals surface area contributed by atoms with E-state index in [1.165, 1.54) is 5.56 Å². The summed E-state index contributed by atoms with van der Waals surface area (Å²) in [4.78, 5) is 17.3. The highest BCUT2D eigenvalue weighted by Gasteiger charge is 2.26. The number of hydrogen-bond acceptors (Lipinski definition) is 5. The number of rotatable bonds is 5. The molecule has 6 nitrogen and oxygen atoms in total. The van der Waals surface area contributed by atoms with E-state index in [1.54, 1.807) is 6.07 Å². The minimum absolute atomic E-state index is 0.00924. The second-order valence-corrected chi connectivity index (χ2v) is 7.61. The van der Waals surface area contributed by atoms with Crippen molar-refractivity contribution in [2.75, 3.05) is 38.3 Å². The summed E-state index contributed by atoms with van der Waals surface area (Å²) in [5.74, 6) is 1.37. The van der Waals surface area contributed by atoms with Crippen LogP contribution in [0, 0.1) is 0 Å². The molecule has 0 bridgehead atoms. The number of nitrogens with one attached hydrogen (secondary N) is 1. The zero-order chi connectivity index (χ0) is 19.5. The van der Waals surface area contributed by atoms with Gasteiger partial charge in [0.15, 0.2) is 11.5 Å². The van der Waals surface area contributed by atoms with Crippen LogP contribution in [-0.2, 0) is 11.3 Å². The Balaban J connectivity index is 1.27. The van der Waals surface area contributed by atoms with E-state index in [4.69, 9.17) is 21.1 Å². The molecule has 4 rings (SSSR count). The van der Waals surface area contributed by atoms with Gasteiger partial charge >= 0.3 is 0 Å². The molecule has 1 N–H and O–H groups in total. The van der Waals surface area contributed by atoms with Crippen LogP contribution >= 0.6 is 11.6 Å². The summed E-state index contributed by atoms with van der Waals surface area (Å²) < 4.78 is 10.7. The van der Waals surface area contributed by atoms with Crippen LogP contribution in [-0.4, -0.2) is 54.7 Å². The summed E-state index contributed by atoms with van der Waals surface area (Å²) >= 11 is 5.95. The van der Waals surface area contributed by atoms with E-state index in [1.807, 2.05) is 31.2 Å². The number of hydrogen-bond donors (Lipinski definition) is 1. The average Bonchev–Trinajstić information content (AvgIpc) is 3.17. The monoisotopic (exact) mass is 401 g/mol. The summed E-state index contributed by atoms with van der Waals surface area (Å²) in [5.41, 5.74) is 1.98. The third-order valence-electron chi connectivity index (χ3n) is 5.29. The Morgan fingerprint density at radius 2 is 1.79 bits per heavy atom. The number of carbonyl (C=O) groups is 1. The fourth-order valence-corrected chi connectivity index (χ4v) is 3.67. The van der Waals surface area contributed by atoms with Gasteiger partial charge in [-0.2, -0.15) is 0 Å². The van der Waals surface area contributed by atoms with Crippen molar-refractivity contribution in [2.24, 2.45) is 0 Å². The van der Waals surface area contributed by atoms with Crippen LogP contribution in [0.5, 0.6) is 11.5 Å². The molecule has 2 aromatic rings. The van der Waals surface area contributed by atoms with Crippen molar-refractivity contribution >= 4 is 23.2 Å². The van der Waals surface area contributed by atoms with Gasteiger partial charge in [0.05, 0.1) is 6.04 Å². The molecule has 0 spiro atoms. The molecule has 0 saturated carbocycles. The van der Waals surface area contributed by atoms with E-state index in [2.05, 4.69) is 27.2 Å². The zero-order valence-electron chi connectivity index (χ0n) is 15.9. The number of anilines is 1. The van der Waals surface area contributed by atoms with Crippen LogP contribution in [0.4, 0.5) is 5.69 Å². The maximum atomic E-state index is 12.7. The molecule has 1 amide bonds. The number of piperazine rings is 1. The molecule has 0 radical (unpaired) electrons. The summed E-state index contributed by atoms with van der Waals surface area (Å²) in [6.07, 6.45) is 0. The van der Waals surface area contributed by atoms with Crippen molar-refractivity contribution in [2.45, 2.75) is 19.5 Å². The minimum Gasteiger partial charge on any atom is -0.454 e. The van der Waals surface area contributed by atoms with Gasteiger partial charge in [-0.25, -0.2) is 0 Å². The Bertz CT molecular complexity index is 835. The summed E-state index contributed by atoms with van der Waals surface area (Å²) in [6, 6.07) is 13.2. The van der Waals surface area contributed by atoms with Gasteiger partial charge in [0.1, 0.15) is 0 Å². The molecule has 2 aliphatic heterocycles. The molecule has 2 aliphatic rings. The quantitative estimate of drug-likeness (QED) is 0.833. The Morgan fingerprint density at radius 3 is 2.54 bits per heavy atom. The largest absolute Gasteiger partial charge is 0.454 e. The van der Waals surface area contributed by atoms with Crippen molar-refractivity contribution in [1.82, 2.24) is 9.80 Å². The first-order valence-electron chi connectivity index (χ1n) is 9.50. The topological polar surface area (TPSA) is 54.0 Å². The van der Waals surface area contributed by atoms with E-state index in [-0.39, 0.29) is 18.7 Å². The predicted molar refractivity (Wildman–Crippen MR) is 109 cm³/mol. The molecule has 0 unspecified atom stereocenters. The zero-order valence-corrected chi connectivity index (χ0v) is 16.6. The molecule has 1 atom stereocenters. The van der Waals surface area contributed by atoms with Crippen molar-refractivity contribution in [3.8, 4) is 11.5 Å². The Hall–Kier alpha value is -2.28. The van der Waals surface area contributed by atoms with Gasteiger partial charge in [-0.1, -0.05) is 23.7 Å². The van der Waals surface area contributed by atoms with Crippen LogP contribution in [0.2, 0.25) is 5.02 Å². The first kappa shape index (κ1) is 19.1. The molecule has 2 heterocycles. The van der Waals surface area contributed by atoms with Gasteiger partial charge in [-0.15, -0.1) is 0 Å². The molecular weight excluding hydrogens is 378 g/mol. The van der Waals surface area contributed by atoms with E-state index >= 15 is 0 Å². The average molecular weight is 402 g/mol. The molecular formula is C21H24ClN3O3. The molecule has 148 valence electrons. The number of amides is 1. The molecule has 2 aromatic carbocycles. The smallest absolute Gasteiger partial charge is 0.241 e. The number of benzene rings is 2. The van der Waals surface area contributed by atoms with Crippen molar-refractivity contribution in [1.29, 1.82) is 0 Å². The van der Waals surface area contributed by atoms with E-state index < -0.39 is 0 Å². The van der Waals surface area contributed by atoms with Crippen molar-refractivity contribution < 1.29 is 14.3 Å². The molecule has 0 aliphatic carbocycles. The van der Waals surface area contributed by atoms with Crippen LogP contribution in [0.1, 0.15) is 12.5 Å². The van der Waals surface area contributed by atoms with Crippen LogP contribution in [0.3, 0.4) is 0 Å². The van der Waals surface area contributed by atoms with Crippen LogP contribution in [0.25, 0.3) is 0 Å². The van der Waals surface area contributed by atoms with Crippen molar-refractivity contribution in [3.63, 3.8) is 0 Å². The van der Waals surface area contributed by atoms with Gasteiger partial charge in [-0.05, 0) is 36.8 Å². The van der Waals surface area contributed by atoms with Crippen LogP contribution in [0.15, 0.2) is 42.5 Å². The van der Waals surface area contributed by atoms with Gasteiger partial charge in [0.25, 0.3) is 0 Å². The van der Waals surface area contributed by atoms with E-state index in [9.17, 15) is 4.79 Å². The maximum Gasteiger partial charge on any atom is 0.241 e. The normalized spacial score (nSPS) is 18.1. The highest BCUT2D eigenvalue weighted by atomic mass is 35.5. The van der Waals surface area contributed by atoms with E-state index in [0.717, 1.165) is 43.4 Å². The molecule has 1 fully saturated rings. The number of fused-ring (bicyclic) bond motifs is 1. The molecule has 7 heteroatoms. The lowest BCUT2D eigenvalue weighted by Crippen LogP contribution is -2.52. The van der Waals surface area contributed by atoms with Gasteiger partial charge in [-0.3, -0.25) is 14.6 Å². The predicted octanol–water partition coefficient (Wildman–Crippen LogP) is 3.21. The standard InChI is InChI=1S/C21H24ClN3O3/c1-15(21(26)23-18-6-7-19-20(12-18)28-14-27-19)25-10-8-24(9-11-25)13-16-2-4-17(22)5-3-16/h2-7,12,15H,8-11,13-14H2,1H3,(H,23,26)/t15-/m1/s1. The number of halogens is 1. The number of ether oxygens (including phenoxy) is 2. The molecule has 1 saturated heterocycles. The third kappa shape index (κ3) is 4.41. The summed E-state index contributed by atoms with van der Waals surface area (Å²) in [7, 11) is 0. The SMILES string of the molecule is C[C@H](C(=O)Nc1ccc2c(c1)OCO2)N1CCN(Cc2ccc(Cl)cc2)CC1. The third-order valence-corrected chi connectivity index (χ3v) is 5.55. The highest BCUT2D eigenvalue weighted by Crippen LogP contribution is 2.34. The Morgan fingerprint density at radius 1 is 1.07 bits per heavy atom. The Labute approximate surface area is 170 Å². The number of nitrogens with zero attached hydrogens (tertiary/aromatic N) is 2. The van der Waals surface area contributed by atoms with Gasteiger partial charge in [0, 0.05) is 49.5 Å². The lowest BCUT2D eigenvalue weighted by molar-refractivity contribution is -0.121.